The van der Waals surface area contributed by atoms with Crippen LogP contribution in [0, 0.1) is 0 Å². The van der Waals surface area contributed by atoms with Gasteiger partial charge in [0.05, 0.1) is 17.7 Å². The number of benzene rings is 3. The third-order valence-corrected chi connectivity index (χ3v) is 8.17. The predicted octanol–water partition coefficient (Wildman–Crippen LogP) is 4.99. The molecule has 8 nitrogen and oxygen atoms in total. The first-order valence-corrected chi connectivity index (χ1v) is 14.6. The largest absolute Gasteiger partial charge is 0.497 e. The van der Waals surface area contributed by atoms with Gasteiger partial charge in [-0.05, 0) is 75.7 Å². The Hall–Kier alpha value is -3.37. The minimum absolute atomic E-state index is 0.0537. The number of sulfonamides is 1. The second kappa shape index (κ2) is 12.7. The molecule has 3 aromatic carbocycles. The summed E-state index contributed by atoms with van der Waals surface area (Å²) in [6.07, 6.45) is 0. The van der Waals surface area contributed by atoms with Crippen molar-refractivity contribution in [1.82, 2.24) is 10.2 Å². The second-order valence-electron chi connectivity index (χ2n) is 10.1. The Morgan fingerprint density at radius 1 is 0.974 bits per heavy atom. The summed E-state index contributed by atoms with van der Waals surface area (Å²) in [5, 5.41) is 2.92. The average molecular weight is 617 g/mol. The zero-order chi connectivity index (χ0) is 28.8. The highest BCUT2D eigenvalue weighted by atomic mass is 79.9. The number of nitrogens with zero attached hydrogens (tertiary/aromatic N) is 2. The molecule has 39 heavy (non-hydrogen) atoms. The maximum absolute atomic E-state index is 13.9. The van der Waals surface area contributed by atoms with Crippen LogP contribution in [-0.4, -0.2) is 50.4 Å². The Morgan fingerprint density at radius 2 is 1.62 bits per heavy atom. The number of amides is 2. The Balaban J connectivity index is 2.02. The molecule has 3 aromatic rings. The minimum atomic E-state index is -4.11. The van der Waals surface area contributed by atoms with Crippen molar-refractivity contribution in [3.8, 4) is 5.75 Å². The number of hydrogen-bond acceptors (Lipinski definition) is 5. The van der Waals surface area contributed by atoms with Crippen LogP contribution in [0.1, 0.15) is 33.3 Å². The van der Waals surface area contributed by atoms with E-state index in [1.54, 1.807) is 80.8 Å². The van der Waals surface area contributed by atoms with E-state index in [1.165, 1.54) is 17.0 Å². The molecule has 0 bridgehead atoms. The maximum atomic E-state index is 13.9. The van der Waals surface area contributed by atoms with Gasteiger partial charge in [-0.2, -0.15) is 0 Å². The molecule has 208 valence electrons. The number of nitrogens with one attached hydrogen (secondary N) is 1. The van der Waals surface area contributed by atoms with Gasteiger partial charge < -0.3 is 15.0 Å². The molecule has 1 N–H and O–H groups in total. The van der Waals surface area contributed by atoms with Crippen molar-refractivity contribution in [2.24, 2.45) is 0 Å². The highest BCUT2D eigenvalue weighted by molar-refractivity contribution is 9.10. The normalized spacial score (nSPS) is 12.4. The van der Waals surface area contributed by atoms with Gasteiger partial charge in [0.15, 0.2) is 0 Å². The molecule has 0 radical (unpaired) electrons. The molecule has 10 heteroatoms. The predicted molar refractivity (Wildman–Crippen MR) is 156 cm³/mol. The Morgan fingerprint density at radius 3 is 2.18 bits per heavy atom. The van der Waals surface area contributed by atoms with E-state index in [9.17, 15) is 18.0 Å². The van der Waals surface area contributed by atoms with Crippen molar-refractivity contribution in [2.45, 2.75) is 50.7 Å². The van der Waals surface area contributed by atoms with Crippen LogP contribution in [0.3, 0.4) is 0 Å². The van der Waals surface area contributed by atoms with Gasteiger partial charge in [0.25, 0.3) is 10.0 Å². The van der Waals surface area contributed by atoms with E-state index in [2.05, 4.69) is 21.2 Å². The van der Waals surface area contributed by atoms with Gasteiger partial charge in [0.1, 0.15) is 18.3 Å². The zero-order valence-electron chi connectivity index (χ0n) is 22.7. The van der Waals surface area contributed by atoms with Crippen molar-refractivity contribution in [1.29, 1.82) is 0 Å². The average Bonchev–Trinajstić information content (AvgIpc) is 2.89. The van der Waals surface area contributed by atoms with Gasteiger partial charge >= 0.3 is 0 Å². The summed E-state index contributed by atoms with van der Waals surface area (Å²) >= 11 is 3.39. The van der Waals surface area contributed by atoms with E-state index in [-0.39, 0.29) is 17.3 Å². The van der Waals surface area contributed by atoms with Gasteiger partial charge in [-0.15, -0.1) is 0 Å². The van der Waals surface area contributed by atoms with E-state index in [4.69, 9.17) is 4.74 Å². The van der Waals surface area contributed by atoms with E-state index in [1.807, 2.05) is 20.8 Å². The van der Waals surface area contributed by atoms with Crippen LogP contribution in [-0.2, 0) is 26.2 Å². The van der Waals surface area contributed by atoms with E-state index >= 15 is 0 Å². The van der Waals surface area contributed by atoms with Crippen molar-refractivity contribution < 1.29 is 22.7 Å². The molecular formula is C29H34BrN3O5S. The zero-order valence-corrected chi connectivity index (χ0v) is 25.1. The number of anilines is 1. The minimum Gasteiger partial charge on any atom is -0.497 e. The summed E-state index contributed by atoms with van der Waals surface area (Å²) in [6.45, 7) is 6.80. The summed E-state index contributed by atoms with van der Waals surface area (Å²) in [4.78, 5) is 28.5. The molecule has 3 rings (SSSR count). The second-order valence-corrected chi connectivity index (χ2v) is 12.9. The monoisotopic (exact) mass is 615 g/mol. The number of carbonyl (C=O) groups excluding carboxylic acids is 2. The molecule has 0 aliphatic rings. The van der Waals surface area contributed by atoms with E-state index in [0.717, 1.165) is 9.87 Å². The Kier molecular flexibility index (Phi) is 9.79. The van der Waals surface area contributed by atoms with Gasteiger partial charge in [0.2, 0.25) is 11.8 Å². The first-order valence-electron chi connectivity index (χ1n) is 12.4. The molecule has 0 aliphatic heterocycles. The van der Waals surface area contributed by atoms with E-state index < -0.39 is 34.1 Å². The van der Waals surface area contributed by atoms with Crippen molar-refractivity contribution in [3.63, 3.8) is 0 Å². The highest BCUT2D eigenvalue weighted by Gasteiger charge is 2.33. The number of rotatable bonds is 10. The van der Waals surface area contributed by atoms with Crippen molar-refractivity contribution in [3.05, 3.63) is 88.9 Å². The van der Waals surface area contributed by atoms with Crippen LogP contribution in [0.25, 0.3) is 0 Å². The molecule has 0 fully saturated rings. The van der Waals surface area contributed by atoms with Gasteiger partial charge in [-0.25, -0.2) is 8.42 Å². The first kappa shape index (κ1) is 30.2. The Bertz CT molecular complexity index is 1390. The molecule has 0 aromatic heterocycles. The first-order chi connectivity index (χ1) is 18.3. The molecular weight excluding hydrogens is 582 g/mol. The fourth-order valence-corrected chi connectivity index (χ4v) is 5.68. The molecule has 1 atom stereocenters. The number of halogens is 1. The lowest BCUT2D eigenvalue weighted by atomic mass is 10.1. The van der Waals surface area contributed by atoms with E-state index in [0.29, 0.717) is 15.9 Å². The van der Waals surface area contributed by atoms with Crippen LogP contribution in [0.4, 0.5) is 5.69 Å². The smallest absolute Gasteiger partial charge is 0.264 e. The summed E-state index contributed by atoms with van der Waals surface area (Å²) in [5.41, 5.74) is 0.566. The van der Waals surface area contributed by atoms with Crippen LogP contribution in [0.5, 0.6) is 5.75 Å². The molecule has 0 heterocycles. The lowest BCUT2D eigenvalue weighted by Crippen LogP contribution is -2.54. The number of ether oxygens (including phenoxy) is 1. The summed E-state index contributed by atoms with van der Waals surface area (Å²) in [5.74, 6) is -0.212. The number of carbonyl (C=O) groups is 2. The number of hydrogen-bond donors (Lipinski definition) is 1. The van der Waals surface area contributed by atoms with Gasteiger partial charge in [-0.3, -0.25) is 13.9 Å². The SMILES string of the molecule is COc1ccc(CN(C(=O)CN(c2cccc(Br)c2)S(=O)(=O)c2ccccc2)[C@H](C)C(=O)NC(C)(C)C)cc1. The van der Waals surface area contributed by atoms with Crippen LogP contribution >= 0.6 is 15.9 Å². The van der Waals surface area contributed by atoms with Crippen LogP contribution < -0.4 is 14.4 Å². The quantitative estimate of drug-likeness (QED) is 0.347. The fraction of sp³-hybridized carbons (Fsp3) is 0.310. The van der Waals surface area contributed by atoms with Crippen molar-refractivity contribution >= 4 is 43.5 Å². The lowest BCUT2D eigenvalue weighted by molar-refractivity contribution is -0.140. The maximum Gasteiger partial charge on any atom is 0.264 e. The molecule has 0 spiro atoms. The van der Waals surface area contributed by atoms with Gasteiger partial charge in [0, 0.05) is 16.6 Å². The molecule has 2 amide bonds. The molecule has 0 saturated carbocycles. The summed E-state index contributed by atoms with van der Waals surface area (Å²) < 4.78 is 34.5. The topological polar surface area (TPSA) is 96.0 Å². The third-order valence-electron chi connectivity index (χ3n) is 5.88. The molecule has 0 saturated heterocycles. The van der Waals surface area contributed by atoms with Crippen LogP contribution in [0.15, 0.2) is 88.2 Å². The number of methoxy groups -OCH3 is 1. The lowest BCUT2D eigenvalue weighted by Gasteiger charge is -2.33. The standard InChI is InChI=1S/C29H34BrN3O5S/c1-21(28(35)31-29(2,3)4)32(19-22-14-16-25(38-5)17-15-22)27(34)20-33(24-11-9-10-23(30)18-24)39(36,37)26-12-7-6-8-13-26/h6-18,21H,19-20H2,1-5H3,(H,31,35)/t21-/m1/s1. The van der Waals surface area contributed by atoms with Crippen molar-refractivity contribution in [2.75, 3.05) is 18.0 Å². The summed E-state index contributed by atoms with van der Waals surface area (Å²) in [6, 6.07) is 21.0. The van der Waals surface area contributed by atoms with Crippen LogP contribution in [0.2, 0.25) is 0 Å². The highest BCUT2D eigenvalue weighted by Crippen LogP contribution is 2.27. The molecule has 0 aliphatic carbocycles. The molecule has 0 unspecified atom stereocenters. The summed E-state index contributed by atoms with van der Waals surface area (Å²) in [7, 11) is -2.55. The fourth-order valence-electron chi connectivity index (χ4n) is 3.86. The van der Waals surface area contributed by atoms with Gasteiger partial charge in [-0.1, -0.05) is 52.3 Å². The third kappa shape index (κ3) is 8.06. The Labute approximate surface area is 239 Å².